The van der Waals surface area contributed by atoms with E-state index in [0.29, 0.717) is 0 Å². The number of rotatable bonds is 7. The molecule has 17 heavy (non-hydrogen) atoms. The van der Waals surface area contributed by atoms with Crippen LogP contribution >= 0.6 is 0 Å². The highest BCUT2D eigenvalue weighted by Crippen LogP contribution is 2.13. The van der Waals surface area contributed by atoms with Crippen molar-refractivity contribution in [3.8, 4) is 0 Å². The van der Waals surface area contributed by atoms with Crippen LogP contribution in [0.3, 0.4) is 0 Å². The van der Waals surface area contributed by atoms with Gasteiger partial charge in [0.15, 0.2) is 0 Å². The maximum atomic E-state index is 3.44. The Morgan fingerprint density at radius 1 is 1.06 bits per heavy atom. The van der Waals surface area contributed by atoms with Gasteiger partial charge in [0.05, 0.1) is 0 Å². The summed E-state index contributed by atoms with van der Waals surface area (Å²) in [6.07, 6.45) is 3.18. The molecule has 0 aliphatic heterocycles. The van der Waals surface area contributed by atoms with E-state index in [9.17, 15) is 0 Å². The summed E-state index contributed by atoms with van der Waals surface area (Å²) in [5, 5.41) is 8.10. The van der Waals surface area contributed by atoms with Crippen LogP contribution in [0.2, 0.25) is 0 Å². The van der Waals surface area contributed by atoms with Crippen molar-refractivity contribution in [2.75, 3.05) is 19.6 Å². The Morgan fingerprint density at radius 3 is 2.82 bits per heavy atom. The van der Waals surface area contributed by atoms with Crippen molar-refractivity contribution >= 4 is 10.9 Å². The van der Waals surface area contributed by atoms with Crippen molar-refractivity contribution in [3.63, 3.8) is 0 Å². The molecule has 2 aromatic rings. The van der Waals surface area contributed by atoms with E-state index in [1.54, 1.807) is 0 Å². The Hall–Kier alpha value is -1.32. The van der Waals surface area contributed by atoms with Gasteiger partial charge in [-0.3, -0.25) is 0 Å². The Morgan fingerprint density at radius 2 is 1.94 bits per heavy atom. The van der Waals surface area contributed by atoms with Gasteiger partial charge in [-0.1, -0.05) is 19.1 Å². The summed E-state index contributed by atoms with van der Waals surface area (Å²) in [7, 11) is 0. The minimum Gasteiger partial charge on any atom is -0.361 e. The smallest absolute Gasteiger partial charge is 0.0457 e. The van der Waals surface area contributed by atoms with Gasteiger partial charge in [-0.15, -0.1) is 0 Å². The molecule has 1 aromatic heterocycles. The Bertz CT molecular complexity index is 447. The molecule has 3 heteroatoms. The second-order valence-corrected chi connectivity index (χ2v) is 4.33. The van der Waals surface area contributed by atoms with Crippen LogP contribution in [-0.4, -0.2) is 24.6 Å². The summed E-state index contributed by atoms with van der Waals surface area (Å²) >= 11 is 0. The van der Waals surface area contributed by atoms with Crippen LogP contribution < -0.4 is 10.6 Å². The normalized spacial score (nSPS) is 11.1. The van der Waals surface area contributed by atoms with Crippen LogP contribution in [0.1, 0.15) is 18.9 Å². The van der Waals surface area contributed by atoms with Crippen molar-refractivity contribution in [3.05, 3.63) is 36.0 Å². The largest absolute Gasteiger partial charge is 0.361 e. The minimum absolute atomic E-state index is 0.933. The molecule has 0 aliphatic carbocycles. The molecule has 3 N–H and O–H groups in total. The zero-order valence-corrected chi connectivity index (χ0v) is 10.4. The minimum atomic E-state index is 0.933. The molecule has 0 unspecified atom stereocenters. The quantitative estimate of drug-likeness (QED) is 0.640. The van der Waals surface area contributed by atoms with Crippen molar-refractivity contribution in [1.29, 1.82) is 0 Å². The van der Waals surface area contributed by atoms with E-state index in [-0.39, 0.29) is 0 Å². The Balaban J connectivity index is 1.75. The van der Waals surface area contributed by atoms with E-state index < -0.39 is 0 Å². The topological polar surface area (TPSA) is 39.8 Å². The maximum absolute atomic E-state index is 3.44. The lowest BCUT2D eigenvalue weighted by Crippen LogP contribution is -2.27. The molecule has 0 radical (unpaired) electrons. The fraction of sp³-hybridized carbons (Fsp3) is 0.429. The number of fused-ring (bicyclic) bond motifs is 1. The van der Waals surface area contributed by atoms with Gasteiger partial charge in [0.25, 0.3) is 0 Å². The SMILES string of the molecule is CCCNCCNCc1ccc2cc[nH]c2c1. The molecule has 0 fully saturated rings. The molecule has 0 spiro atoms. The van der Waals surface area contributed by atoms with Gasteiger partial charge in [0.2, 0.25) is 0 Å². The summed E-state index contributed by atoms with van der Waals surface area (Å²) in [5.74, 6) is 0. The number of nitrogens with one attached hydrogen (secondary N) is 3. The number of aromatic nitrogens is 1. The fourth-order valence-corrected chi connectivity index (χ4v) is 1.92. The fourth-order valence-electron chi connectivity index (χ4n) is 1.92. The highest BCUT2D eigenvalue weighted by Gasteiger charge is 1.96. The maximum Gasteiger partial charge on any atom is 0.0457 e. The van der Waals surface area contributed by atoms with Gasteiger partial charge in [-0.05, 0) is 36.0 Å². The highest BCUT2D eigenvalue weighted by atomic mass is 14.9. The molecule has 92 valence electrons. The molecule has 2 rings (SSSR count). The first-order chi connectivity index (χ1) is 8.40. The van der Waals surface area contributed by atoms with Crippen molar-refractivity contribution < 1.29 is 0 Å². The highest BCUT2D eigenvalue weighted by molar-refractivity contribution is 5.79. The van der Waals surface area contributed by atoms with Crippen LogP contribution in [0.25, 0.3) is 10.9 Å². The second-order valence-electron chi connectivity index (χ2n) is 4.33. The number of H-pyrrole nitrogens is 1. The first-order valence-corrected chi connectivity index (χ1v) is 6.37. The van der Waals surface area contributed by atoms with E-state index in [4.69, 9.17) is 0 Å². The lowest BCUT2D eigenvalue weighted by atomic mass is 10.1. The van der Waals surface area contributed by atoms with Crippen molar-refractivity contribution in [1.82, 2.24) is 15.6 Å². The van der Waals surface area contributed by atoms with Gasteiger partial charge >= 0.3 is 0 Å². The van der Waals surface area contributed by atoms with Gasteiger partial charge in [0, 0.05) is 31.3 Å². The molecule has 3 nitrogen and oxygen atoms in total. The van der Waals surface area contributed by atoms with Gasteiger partial charge < -0.3 is 15.6 Å². The summed E-state index contributed by atoms with van der Waals surface area (Å²) in [6, 6.07) is 8.66. The van der Waals surface area contributed by atoms with E-state index >= 15 is 0 Å². The average Bonchev–Trinajstić information content (AvgIpc) is 2.81. The van der Waals surface area contributed by atoms with E-state index in [2.05, 4.69) is 46.8 Å². The van der Waals surface area contributed by atoms with Crippen LogP contribution in [0.4, 0.5) is 0 Å². The lowest BCUT2D eigenvalue weighted by Gasteiger charge is -2.06. The third kappa shape index (κ3) is 3.58. The van der Waals surface area contributed by atoms with Crippen molar-refractivity contribution in [2.24, 2.45) is 0 Å². The first kappa shape index (κ1) is 12.1. The van der Waals surface area contributed by atoms with E-state index in [1.807, 2.05) is 6.20 Å². The number of aromatic amines is 1. The van der Waals surface area contributed by atoms with Crippen LogP contribution in [0.5, 0.6) is 0 Å². The molecule has 0 aliphatic rings. The van der Waals surface area contributed by atoms with Gasteiger partial charge in [0.1, 0.15) is 0 Å². The van der Waals surface area contributed by atoms with E-state index in [1.165, 1.54) is 22.9 Å². The Labute approximate surface area is 103 Å². The predicted octanol–water partition coefficient (Wildman–Crippen LogP) is 2.26. The van der Waals surface area contributed by atoms with Gasteiger partial charge in [-0.2, -0.15) is 0 Å². The first-order valence-electron chi connectivity index (χ1n) is 6.37. The standard InChI is InChI=1S/C14H21N3/c1-2-6-15-8-9-16-11-12-3-4-13-5-7-17-14(13)10-12/h3-5,7,10,15-17H,2,6,8-9,11H2,1H3. The number of benzene rings is 1. The Kier molecular flexibility index (Phi) is 4.59. The lowest BCUT2D eigenvalue weighted by molar-refractivity contribution is 0.607. The van der Waals surface area contributed by atoms with Crippen molar-refractivity contribution in [2.45, 2.75) is 19.9 Å². The summed E-state index contributed by atoms with van der Waals surface area (Å²) in [5.41, 5.74) is 2.55. The number of hydrogen-bond donors (Lipinski definition) is 3. The van der Waals surface area contributed by atoms with Crippen LogP contribution in [0, 0.1) is 0 Å². The molecule has 1 heterocycles. The summed E-state index contributed by atoms with van der Waals surface area (Å²) < 4.78 is 0. The van der Waals surface area contributed by atoms with Gasteiger partial charge in [-0.25, -0.2) is 0 Å². The molecule has 0 saturated carbocycles. The summed E-state index contributed by atoms with van der Waals surface area (Å²) in [4.78, 5) is 3.24. The molecule has 0 amide bonds. The second kappa shape index (κ2) is 6.42. The summed E-state index contributed by atoms with van der Waals surface area (Å²) in [6.45, 7) is 6.28. The number of hydrogen-bond acceptors (Lipinski definition) is 2. The predicted molar refractivity (Wildman–Crippen MR) is 73.2 cm³/mol. The third-order valence-electron chi connectivity index (χ3n) is 2.85. The molecular formula is C14H21N3. The molecule has 0 saturated heterocycles. The van der Waals surface area contributed by atoms with E-state index in [0.717, 1.165) is 26.2 Å². The zero-order valence-electron chi connectivity index (χ0n) is 10.4. The van der Waals surface area contributed by atoms with Crippen LogP contribution in [0.15, 0.2) is 30.5 Å². The third-order valence-corrected chi connectivity index (χ3v) is 2.85. The monoisotopic (exact) mass is 231 g/mol. The zero-order chi connectivity index (χ0) is 11.9. The molecule has 0 bridgehead atoms. The molecular weight excluding hydrogens is 210 g/mol. The van der Waals surface area contributed by atoms with Crippen LogP contribution in [-0.2, 0) is 6.54 Å². The average molecular weight is 231 g/mol. The molecule has 0 atom stereocenters. The molecule has 1 aromatic carbocycles.